The zero-order valence-corrected chi connectivity index (χ0v) is 27.7. The molecule has 4 aromatic carbocycles. The van der Waals surface area contributed by atoms with E-state index in [9.17, 15) is 9.59 Å². The zero-order valence-electron chi connectivity index (χ0n) is 25.3. The number of nitrogens with one attached hydrogen (secondary N) is 1. The predicted molar refractivity (Wildman–Crippen MR) is 183 cm³/mol. The molecular weight excluding hydrogens is 666 g/mol. The van der Waals surface area contributed by atoms with Crippen LogP contribution in [0.25, 0.3) is 6.08 Å². The number of halogens is 1. The Morgan fingerprint density at radius 1 is 0.957 bits per heavy atom. The maximum atomic E-state index is 14.1. The lowest BCUT2D eigenvalue weighted by molar-refractivity contribution is -0.113. The summed E-state index contributed by atoms with van der Waals surface area (Å²) in [5, 5.41) is 2.97. The number of fused-ring (bicyclic) bond motifs is 1. The summed E-state index contributed by atoms with van der Waals surface area (Å²) in [6.45, 7) is 2.23. The summed E-state index contributed by atoms with van der Waals surface area (Å²) < 4.78 is 20.2. The van der Waals surface area contributed by atoms with Gasteiger partial charge >= 0.3 is 0 Å². The molecule has 0 bridgehead atoms. The number of hydrogen-bond donors (Lipinski definition) is 1. The second-order valence-corrected chi connectivity index (χ2v) is 12.4. The summed E-state index contributed by atoms with van der Waals surface area (Å²) in [6, 6.07) is 29.3. The Kier molecular flexibility index (Phi) is 9.18. The van der Waals surface area contributed by atoms with Gasteiger partial charge in [-0.2, -0.15) is 0 Å². The summed E-state index contributed by atoms with van der Waals surface area (Å²) in [5.74, 6) is 1.44. The van der Waals surface area contributed by atoms with Gasteiger partial charge in [0, 0.05) is 21.8 Å². The van der Waals surface area contributed by atoms with Gasteiger partial charge in [0.1, 0.15) is 29.9 Å². The van der Waals surface area contributed by atoms with Crippen molar-refractivity contribution in [3.05, 3.63) is 149 Å². The molecule has 0 saturated carbocycles. The number of methoxy groups -OCH3 is 2. The molecule has 0 radical (unpaired) electrons. The number of nitrogens with zero attached hydrogens (tertiary/aromatic N) is 2. The van der Waals surface area contributed by atoms with E-state index in [-0.39, 0.29) is 11.5 Å². The van der Waals surface area contributed by atoms with Gasteiger partial charge in [0.15, 0.2) is 4.80 Å². The normalized spacial score (nSPS) is 14.3. The van der Waals surface area contributed by atoms with Crippen molar-refractivity contribution in [3.63, 3.8) is 0 Å². The van der Waals surface area contributed by atoms with Crippen LogP contribution in [0.3, 0.4) is 0 Å². The molecule has 0 aliphatic carbocycles. The van der Waals surface area contributed by atoms with Gasteiger partial charge in [-0.15, -0.1) is 0 Å². The Labute approximate surface area is 278 Å². The minimum absolute atomic E-state index is 0.264. The quantitative estimate of drug-likeness (QED) is 0.197. The number of carbonyl (C=O) groups is 1. The Hall–Kier alpha value is -4.93. The standard InChI is InChI=1S/C36H30BrN3O5S/c1-22-32(34(41)39-26-7-5-4-6-8-26)33(29-18-17-28(43-2)20-30(29)44-3)40-35(42)31(46-36(40)38-22)19-23-11-15-27(16-12-23)45-21-24-9-13-25(37)14-10-24/h4-20,33H,21H2,1-3H3,(H,39,41)/b31-19-/t33-/m0/s1. The number of thiazole rings is 1. The van der Waals surface area contributed by atoms with Crippen LogP contribution in [0.15, 0.2) is 123 Å². The fourth-order valence-electron chi connectivity index (χ4n) is 5.23. The van der Waals surface area contributed by atoms with Crippen LogP contribution >= 0.6 is 27.3 Å². The fraction of sp³-hybridized carbons (Fsp3) is 0.139. The van der Waals surface area contributed by atoms with E-state index in [1.54, 1.807) is 37.8 Å². The molecule has 0 saturated heterocycles. The van der Waals surface area contributed by atoms with Crippen LogP contribution < -0.4 is 34.4 Å². The number of allylic oxidation sites excluding steroid dienone is 1. The molecule has 10 heteroatoms. The maximum absolute atomic E-state index is 14.1. The second-order valence-electron chi connectivity index (χ2n) is 10.5. The van der Waals surface area contributed by atoms with Gasteiger partial charge in [-0.1, -0.05) is 69.7 Å². The highest BCUT2D eigenvalue weighted by atomic mass is 79.9. The van der Waals surface area contributed by atoms with Gasteiger partial charge in [0.25, 0.3) is 11.5 Å². The van der Waals surface area contributed by atoms with Gasteiger partial charge in [-0.3, -0.25) is 14.2 Å². The van der Waals surface area contributed by atoms with Gasteiger partial charge in [0.2, 0.25) is 0 Å². The first-order valence-corrected chi connectivity index (χ1v) is 16.0. The number of para-hydroxylation sites is 1. The highest BCUT2D eigenvalue weighted by Gasteiger charge is 2.34. The van der Waals surface area contributed by atoms with Gasteiger partial charge < -0.3 is 19.5 Å². The van der Waals surface area contributed by atoms with E-state index < -0.39 is 6.04 Å². The van der Waals surface area contributed by atoms with Gasteiger partial charge in [-0.25, -0.2) is 4.99 Å². The summed E-state index contributed by atoms with van der Waals surface area (Å²) in [7, 11) is 3.12. The molecule has 2 heterocycles. The van der Waals surface area contributed by atoms with Crippen molar-refractivity contribution in [2.75, 3.05) is 19.5 Å². The monoisotopic (exact) mass is 695 g/mol. The van der Waals surface area contributed by atoms with Crippen LogP contribution in [0.1, 0.15) is 29.7 Å². The highest BCUT2D eigenvalue weighted by molar-refractivity contribution is 9.10. The van der Waals surface area contributed by atoms with E-state index in [1.807, 2.05) is 91.0 Å². The fourth-order valence-corrected chi connectivity index (χ4v) is 6.54. The smallest absolute Gasteiger partial charge is 0.271 e. The van der Waals surface area contributed by atoms with Crippen molar-refractivity contribution in [2.24, 2.45) is 4.99 Å². The van der Waals surface area contributed by atoms with Crippen LogP contribution in [-0.2, 0) is 11.4 Å². The first kappa shape index (κ1) is 31.1. The molecule has 46 heavy (non-hydrogen) atoms. The Morgan fingerprint density at radius 3 is 2.37 bits per heavy atom. The van der Waals surface area contributed by atoms with Gasteiger partial charge in [0.05, 0.1) is 30.0 Å². The first-order chi connectivity index (χ1) is 22.3. The van der Waals surface area contributed by atoms with Crippen LogP contribution in [-0.4, -0.2) is 24.7 Å². The summed E-state index contributed by atoms with van der Waals surface area (Å²) in [6.07, 6.45) is 1.83. The van der Waals surface area contributed by atoms with E-state index >= 15 is 0 Å². The molecule has 1 aliphatic rings. The lowest BCUT2D eigenvalue weighted by atomic mass is 9.94. The number of carbonyl (C=O) groups excluding carboxylic acids is 1. The molecule has 8 nitrogen and oxygen atoms in total. The van der Waals surface area contributed by atoms with Crippen LogP contribution in [0.2, 0.25) is 0 Å². The van der Waals surface area contributed by atoms with Gasteiger partial charge in [-0.05, 0) is 72.7 Å². The number of aromatic nitrogens is 1. The second kappa shape index (κ2) is 13.6. The predicted octanol–water partition coefficient (Wildman–Crippen LogP) is 6.23. The Morgan fingerprint density at radius 2 is 1.67 bits per heavy atom. The minimum atomic E-state index is -0.794. The van der Waals surface area contributed by atoms with E-state index in [4.69, 9.17) is 19.2 Å². The molecular formula is C36H30BrN3O5S. The van der Waals surface area contributed by atoms with Crippen LogP contribution in [0.4, 0.5) is 5.69 Å². The van der Waals surface area contributed by atoms with Crippen molar-refractivity contribution >= 4 is 44.9 Å². The number of anilines is 1. The third kappa shape index (κ3) is 6.54. The highest BCUT2D eigenvalue weighted by Crippen LogP contribution is 2.37. The van der Waals surface area contributed by atoms with Crippen molar-refractivity contribution in [1.82, 2.24) is 4.57 Å². The molecule has 232 valence electrons. The average Bonchev–Trinajstić information content (AvgIpc) is 3.38. The van der Waals surface area contributed by atoms with Crippen molar-refractivity contribution < 1.29 is 19.0 Å². The van der Waals surface area contributed by atoms with Crippen molar-refractivity contribution in [1.29, 1.82) is 0 Å². The topological polar surface area (TPSA) is 91.2 Å². The Bertz CT molecular complexity index is 2100. The number of rotatable bonds is 9. The molecule has 5 aromatic rings. The lowest BCUT2D eigenvalue weighted by Crippen LogP contribution is -2.40. The molecule has 0 fully saturated rings. The third-order valence-corrected chi connectivity index (χ3v) is 9.04. The molecule has 0 unspecified atom stereocenters. The van der Waals surface area contributed by atoms with Crippen LogP contribution in [0.5, 0.6) is 17.2 Å². The minimum Gasteiger partial charge on any atom is -0.497 e. The number of ether oxygens (including phenoxy) is 3. The third-order valence-electron chi connectivity index (χ3n) is 7.53. The zero-order chi connectivity index (χ0) is 32.2. The van der Waals surface area contributed by atoms with E-state index in [0.29, 0.717) is 50.0 Å². The van der Waals surface area contributed by atoms with E-state index in [0.717, 1.165) is 21.3 Å². The first-order valence-electron chi connectivity index (χ1n) is 14.4. The SMILES string of the molecule is COc1ccc([C@H]2C(C(=O)Nc3ccccc3)=C(C)N=c3s/c(=C\c4ccc(OCc5ccc(Br)cc5)cc4)c(=O)n32)c(OC)c1. The summed E-state index contributed by atoms with van der Waals surface area (Å²) in [4.78, 5) is 33.2. The Balaban J connectivity index is 1.38. The average molecular weight is 697 g/mol. The molecule has 6 rings (SSSR count). The number of hydrogen-bond acceptors (Lipinski definition) is 7. The lowest BCUT2D eigenvalue weighted by Gasteiger charge is -2.26. The molecule has 1 N–H and O–H groups in total. The molecule has 1 atom stereocenters. The molecule has 1 aliphatic heterocycles. The summed E-state index contributed by atoms with van der Waals surface area (Å²) >= 11 is 4.72. The molecule has 1 amide bonds. The van der Waals surface area contributed by atoms with Crippen molar-refractivity contribution in [3.8, 4) is 17.2 Å². The molecule has 0 spiro atoms. The van der Waals surface area contributed by atoms with Crippen molar-refractivity contribution in [2.45, 2.75) is 19.6 Å². The summed E-state index contributed by atoms with van der Waals surface area (Å²) in [5.41, 5.74) is 3.75. The maximum Gasteiger partial charge on any atom is 0.271 e. The molecule has 1 aromatic heterocycles. The van der Waals surface area contributed by atoms with E-state index in [1.165, 1.54) is 11.3 Å². The van der Waals surface area contributed by atoms with E-state index in [2.05, 4.69) is 21.2 Å². The number of amides is 1. The number of benzene rings is 4. The van der Waals surface area contributed by atoms with Crippen LogP contribution in [0, 0.1) is 0 Å². The largest absolute Gasteiger partial charge is 0.497 e.